The van der Waals surface area contributed by atoms with Gasteiger partial charge in [-0.15, -0.1) is 0 Å². The zero-order valence-electron chi connectivity index (χ0n) is 28.7. The van der Waals surface area contributed by atoms with Crippen molar-refractivity contribution in [2.45, 2.75) is 0 Å². The molecule has 0 aliphatic heterocycles. The molecule has 3 heteroatoms. The van der Waals surface area contributed by atoms with E-state index >= 15 is 0 Å². The van der Waals surface area contributed by atoms with Crippen molar-refractivity contribution in [2.75, 3.05) is 4.90 Å². The van der Waals surface area contributed by atoms with E-state index in [0.717, 1.165) is 83.2 Å². The Bertz CT molecular complexity index is 3170. The predicted molar refractivity (Wildman–Crippen MR) is 222 cm³/mol. The maximum absolute atomic E-state index is 6.60. The topological polar surface area (TPSA) is 29.5 Å². The van der Waals surface area contributed by atoms with Crippen LogP contribution in [0, 0.1) is 0 Å². The fourth-order valence-corrected chi connectivity index (χ4v) is 8.27. The zero-order chi connectivity index (χ0) is 34.9. The van der Waals surface area contributed by atoms with Gasteiger partial charge in [-0.05, 0) is 81.4 Å². The molecule has 9 aromatic carbocycles. The van der Waals surface area contributed by atoms with Gasteiger partial charge < -0.3 is 13.7 Å². The lowest BCUT2D eigenvalue weighted by Crippen LogP contribution is -2.11. The monoisotopic (exact) mass is 677 g/mol. The third-order valence-corrected chi connectivity index (χ3v) is 10.7. The molecule has 0 atom stereocenters. The Kier molecular flexibility index (Phi) is 6.55. The highest BCUT2D eigenvalue weighted by molar-refractivity contribution is 6.18. The van der Waals surface area contributed by atoms with Gasteiger partial charge in [0.25, 0.3) is 0 Å². The minimum absolute atomic E-state index is 0.865. The van der Waals surface area contributed by atoms with Crippen molar-refractivity contribution in [3.63, 3.8) is 0 Å². The summed E-state index contributed by atoms with van der Waals surface area (Å²) in [6, 6.07) is 66.7. The van der Waals surface area contributed by atoms with Gasteiger partial charge in [0.2, 0.25) is 0 Å². The van der Waals surface area contributed by atoms with Crippen LogP contribution >= 0.6 is 0 Å². The van der Waals surface area contributed by atoms with Gasteiger partial charge in [0.1, 0.15) is 22.3 Å². The molecule has 3 nitrogen and oxygen atoms in total. The lowest BCUT2D eigenvalue weighted by atomic mass is 9.94. The first-order valence-corrected chi connectivity index (χ1v) is 18.0. The second kappa shape index (κ2) is 11.7. The maximum atomic E-state index is 6.60. The molecule has 0 bridgehead atoms. The number of para-hydroxylation sites is 2. The van der Waals surface area contributed by atoms with Gasteiger partial charge in [-0.1, -0.05) is 140 Å². The largest absolute Gasteiger partial charge is 0.456 e. The molecule has 0 fully saturated rings. The molecule has 0 spiro atoms. The van der Waals surface area contributed by atoms with Crippen LogP contribution in [-0.4, -0.2) is 0 Å². The minimum Gasteiger partial charge on any atom is -0.456 e. The highest BCUT2D eigenvalue weighted by atomic mass is 16.3. The first-order chi connectivity index (χ1) is 26.3. The molecule has 11 aromatic rings. The fourth-order valence-electron chi connectivity index (χ4n) is 8.27. The van der Waals surface area contributed by atoms with E-state index in [9.17, 15) is 0 Å². The Hall–Kier alpha value is -7.10. The Morgan fingerprint density at radius 2 is 0.925 bits per heavy atom. The average Bonchev–Trinajstić information content (AvgIpc) is 3.81. The highest BCUT2D eigenvalue weighted by Crippen LogP contribution is 2.47. The van der Waals surface area contributed by atoms with Crippen molar-refractivity contribution in [3.8, 4) is 22.3 Å². The van der Waals surface area contributed by atoms with Crippen molar-refractivity contribution in [1.82, 2.24) is 0 Å². The molecule has 53 heavy (non-hydrogen) atoms. The summed E-state index contributed by atoms with van der Waals surface area (Å²) < 4.78 is 13.0. The molecular formula is C50H31NO2. The van der Waals surface area contributed by atoms with Crippen molar-refractivity contribution >= 4 is 82.5 Å². The Morgan fingerprint density at radius 1 is 0.321 bits per heavy atom. The summed E-state index contributed by atoms with van der Waals surface area (Å²) in [4.78, 5) is 2.40. The SMILES string of the molecule is c1ccc(-c2ccc(-c3ccc(N(c4cccc5c4ccc4ccccc45)c4cccc5oc6ccccc6c45)cc3)c3c2oc2ccccc23)cc1. The molecule has 2 aromatic heterocycles. The van der Waals surface area contributed by atoms with Crippen LogP contribution in [0.4, 0.5) is 17.1 Å². The van der Waals surface area contributed by atoms with Gasteiger partial charge >= 0.3 is 0 Å². The smallest absolute Gasteiger partial charge is 0.143 e. The molecule has 0 saturated carbocycles. The normalized spacial score (nSPS) is 11.8. The predicted octanol–water partition coefficient (Wildman–Crippen LogP) is 14.6. The quantitative estimate of drug-likeness (QED) is 0.170. The summed E-state index contributed by atoms with van der Waals surface area (Å²) in [5, 5.41) is 9.30. The second-order valence-corrected chi connectivity index (χ2v) is 13.6. The molecule has 0 saturated heterocycles. The van der Waals surface area contributed by atoms with Crippen molar-refractivity contribution in [3.05, 3.63) is 188 Å². The third-order valence-electron chi connectivity index (χ3n) is 10.7. The van der Waals surface area contributed by atoms with Gasteiger partial charge in [-0.3, -0.25) is 0 Å². The van der Waals surface area contributed by atoms with Crippen LogP contribution in [0.3, 0.4) is 0 Å². The fraction of sp³-hybridized carbons (Fsp3) is 0. The van der Waals surface area contributed by atoms with E-state index in [1.165, 1.54) is 21.5 Å². The summed E-state index contributed by atoms with van der Waals surface area (Å²) >= 11 is 0. The van der Waals surface area contributed by atoms with Crippen LogP contribution < -0.4 is 4.90 Å². The van der Waals surface area contributed by atoms with E-state index in [4.69, 9.17) is 8.83 Å². The zero-order valence-corrected chi connectivity index (χ0v) is 28.7. The molecule has 0 unspecified atom stereocenters. The summed E-state index contributed by atoms with van der Waals surface area (Å²) in [5.41, 5.74) is 11.3. The molecular weight excluding hydrogens is 647 g/mol. The number of hydrogen-bond acceptors (Lipinski definition) is 3. The number of anilines is 3. The van der Waals surface area contributed by atoms with Crippen LogP contribution in [0.15, 0.2) is 197 Å². The lowest BCUT2D eigenvalue weighted by Gasteiger charge is -2.28. The number of nitrogens with zero attached hydrogens (tertiary/aromatic N) is 1. The lowest BCUT2D eigenvalue weighted by molar-refractivity contribution is 0.669. The molecule has 0 aliphatic rings. The summed E-state index contributed by atoms with van der Waals surface area (Å²) in [6.45, 7) is 0. The molecule has 0 N–H and O–H groups in total. The van der Waals surface area contributed by atoms with E-state index < -0.39 is 0 Å². The summed E-state index contributed by atoms with van der Waals surface area (Å²) in [5.74, 6) is 0. The second-order valence-electron chi connectivity index (χ2n) is 13.6. The maximum Gasteiger partial charge on any atom is 0.143 e. The van der Waals surface area contributed by atoms with Crippen molar-refractivity contribution in [1.29, 1.82) is 0 Å². The highest BCUT2D eigenvalue weighted by Gasteiger charge is 2.22. The van der Waals surface area contributed by atoms with Gasteiger partial charge in [0, 0.05) is 32.8 Å². The average molecular weight is 678 g/mol. The Morgan fingerprint density at radius 3 is 1.75 bits per heavy atom. The molecule has 0 aliphatic carbocycles. The molecule has 0 amide bonds. The summed E-state index contributed by atoms with van der Waals surface area (Å²) in [6.07, 6.45) is 0. The van der Waals surface area contributed by atoms with E-state index in [-0.39, 0.29) is 0 Å². The van der Waals surface area contributed by atoms with Gasteiger partial charge in [-0.25, -0.2) is 0 Å². The number of hydrogen-bond donors (Lipinski definition) is 0. The third kappa shape index (κ3) is 4.61. The Labute approximate surface area is 305 Å². The standard InChI is InChI=1S/C50H31NO2/c1-2-12-32(13-3-1)38-31-30-37(48-41-16-6-9-22-46(41)53-50(38)48)34-24-27-35(28-25-34)51(44-20-11-23-47-49(44)42-17-7-8-21-45(42)52-47)43-19-10-18-39-36-15-5-4-14-33(36)26-29-40(39)43/h1-31H. The van der Waals surface area contributed by atoms with Crippen LogP contribution in [0.5, 0.6) is 0 Å². The molecule has 2 heterocycles. The van der Waals surface area contributed by atoms with Crippen LogP contribution in [-0.2, 0) is 0 Å². The van der Waals surface area contributed by atoms with E-state index in [1.807, 2.05) is 18.2 Å². The van der Waals surface area contributed by atoms with Gasteiger partial charge in [0.05, 0.1) is 16.8 Å². The van der Waals surface area contributed by atoms with Crippen LogP contribution in [0.2, 0.25) is 0 Å². The van der Waals surface area contributed by atoms with E-state index in [2.05, 4.69) is 175 Å². The Balaban J connectivity index is 1.14. The molecule has 248 valence electrons. The van der Waals surface area contributed by atoms with Crippen LogP contribution in [0.25, 0.3) is 87.7 Å². The van der Waals surface area contributed by atoms with Crippen molar-refractivity contribution < 1.29 is 8.83 Å². The number of benzene rings is 9. The molecule has 0 radical (unpaired) electrons. The van der Waals surface area contributed by atoms with Gasteiger partial charge in [0.15, 0.2) is 0 Å². The number of fused-ring (bicyclic) bond motifs is 9. The minimum atomic E-state index is 0.865. The first kappa shape index (κ1) is 29.6. The number of furan rings is 2. The van der Waals surface area contributed by atoms with Gasteiger partial charge in [-0.2, -0.15) is 0 Å². The van der Waals surface area contributed by atoms with E-state index in [1.54, 1.807) is 0 Å². The first-order valence-electron chi connectivity index (χ1n) is 18.0. The van der Waals surface area contributed by atoms with E-state index in [0.29, 0.717) is 0 Å². The van der Waals surface area contributed by atoms with Crippen LogP contribution in [0.1, 0.15) is 0 Å². The van der Waals surface area contributed by atoms with Crippen molar-refractivity contribution in [2.24, 2.45) is 0 Å². The number of rotatable bonds is 5. The summed E-state index contributed by atoms with van der Waals surface area (Å²) in [7, 11) is 0. The molecule has 11 rings (SSSR count).